The summed E-state index contributed by atoms with van der Waals surface area (Å²) < 4.78 is 26.7. The van der Waals surface area contributed by atoms with E-state index >= 15 is 0 Å². The second-order valence-electron chi connectivity index (χ2n) is 5.02. The number of sulfonamides is 1. The first-order valence-electron chi connectivity index (χ1n) is 6.69. The molecule has 7 heteroatoms. The van der Waals surface area contributed by atoms with Gasteiger partial charge in [-0.2, -0.15) is 4.31 Å². The third-order valence-electron chi connectivity index (χ3n) is 3.21. The lowest BCUT2D eigenvalue weighted by molar-refractivity contribution is 0.0696. The van der Waals surface area contributed by atoms with E-state index in [1.165, 1.54) is 29.4 Å². The molecule has 1 rings (SSSR count). The van der Waals surface area contributed by atoms with E-state index in [9.17, 15) is 13.2 Å². The molecule has 0 aliphatic rings. The molecule has 0 saturated heterocycles. The number of hydrogen-bond donors (Lipinski definition) is 2. The number of nitrogens with zero attached hydrogens (tertiary/aromatic N) is 1. The van der Waals surface area contributed by atoms with Gasteiger partial charge in [-0.05, 0) is 44.9 Å². The van der Waals surface area contributed by atoms with Crippen molar-refractivity contribution in [3.63, 3.8) is 0 Å². The van der Waals surface area contributed by atoms with Crippen LogP contribution in [0, 0.1) is 6.92 Å². The van der Waals surface area contributed by atoms with Gasteiger partial charge in [-0.1, -0.05) is 6.07 Å². The Bertz CT molecular complexity index is 610. The van der Waals surface area contributed by atoms with Gasteiger partial charge in [0.25, 0.3) is 0 Å². The average molecular weight is 315 g/mol. The molecule has 0 fully saturated rings. The van der Waals surface area contributed by atoms with Crippen molar-refractivity contribution < 1.29 is 23.4 Å². The van der Waals surface area contributed by atoms with Crippen molar-refractivity contribution in [3.8, 4) is 0 Å². The Balaban J connectivity index is 3.35. The van der Waals surface area contributed by atoms with Crippen LogP contribution in [0.5, 0.6) is 0 Å². The fourth-order valence-corrected chi connectivity index (χ4v) is 4.06. The van der Waals surface area contributed by atoms with Crippen molar-refractivity contribution in [1.82, 2.24) is 4.31 Å². The Morgan fingerprint density at radius 2 is 1.95 bits per heavy atom. The van der Waals surface area contributed by atoms with Crippen molar-refractivity contribution in [2.24, 2.45) is 0 Å². The van der Waals surface area contributed by atoms with Crippen molar-refractivity contribution in [1.29, 1.82) is 0 Å². The molecule has 2 N–H and O–H groups in total. The summed E-state index contributed by atoms with van der Waals surface area (Å²) in [5, 5.41) is 18.0. The largest absolute Gasteiger partial charge is 0.478 e. The van der Waals surface area contributed by atoms with Crippen LogP contribution in [0.4, 0.5) is 0 Å². The normalized spacial score (nSPS) is 12.1. The fourth-order valence-electron chi connectivity index (χ4n) is 2.13. The molecule has 0 unspecified atom stereocenters. The highest BCUT2D eigenvalue weighted by Gasteiger charge is 2.29. The third-order valence-corrected chi connectivity index (χ3v) is 5.43. The first kappa shape index (κ1) is 17.6. The van der Waals surface area contributed by atoms with E-state index in [0.717, 1.165) is 0 Å². The van der Waals surface area contributed by atoms with E-state index in [2.05, 4.69) is 0 Å². The number of benzene rings is 1. The van der Waals surface area contributed by atoms with E-state index in [-0.39, 0.29) is 35.2 Å². The lowest BCUT2D eigenvalue weighted by atomic mass is 10.1. The van der Waals surface area contributed by atoms with Gasteiger partial charge in [-0.25, -0.2) is 13.2 Å². The SMILES string of the molecule is Cc1c(C(=O)O)cccc1S(=O)(=O)N(CCCO)C(C)C. The number of aliphatic hydroxyl groups is 1. The number of carboxylic acid groups (broad SMARTS) is 1. The van der Waals surface area contributed by atoms with Crippen molar-refractivity contribution in [2.45, 2.75) is 38.1 Å². The summed E-state index contributed by atoms with van der Waals surface area (Å²) in [6.07, 6.45) is 0.328. The van der Waals surface area contributed by atoms with Gasteiger partial charge in [-0.3, -0.25) is 0 Å². The monoisotopic (exact) mass is 315 g/mol. The number of carboxylic acids is 1. The smallest absolute Gasteiger partial charge is 0.335 e. The molecular weight excluding hydrogens is 294 g/mol. The minimum absolute atomic E-state index is 0.00552. The van der Waals surface area contributed by atoms with E-state index in [1.54, 1.807) is 13.8 Å². The molecular formula is C14H21NO5S. The highest BCUT2D eigenvalue weighted by Crippen LogP contribution is 2.24. The summed E-state index contributed by atoms with van der Waals surface area (Å²) in [4.78, 5) is 11.1. The van der Waals surface area contributed by atoms with Crippen molar-refractivity contribution in [3.05, 3.63) is 29.3 Å². The van der Waals surface area contributed by atoms with E-state index < -0.39 is 16.0 Å². The summed E-state index contributed by atoms with van der Waals surface area (Å²) in [7, 11) is -3.80. The Labute approximate surface area is 125 Å². The Morgan fingerprint density at radius 1 is 1.33 bits per heavy atom. The highest BCUT2D eigenvalue weighted by atomic mass is 32.2. The van der Waals surface area contributed by atoms with Crippen LogP contribution in [0.3, 0.4) is 0 Å². The molecule has 0 radical (unpaired) electrons. The molecule has 21 heavy (non-hydrogen) atoms. The summed E-state index contributed by atoms with van der Waals surface area (Å²) >= 11 is 0. The molecule has 0 spiro atoms. The van der Waals surface area contributed by atoms with Crippen LogP contribution in [0.2, 0.25) is 0 Å². The second kappa shape index (κ2) is 7.02. The van der Waals surface area contributed by atoms with Gasteiger partial charge in [0.1, 0.15) is 0 Å². The minimum atomic E-state index is -3.80. The maximum absolute atomic E-state index is 12.7. The lowest BCUT2D eigenvalue weighted by Gasteiger charge is -2.26. The molecule has 0 heterocycles. The zero-order chi connectivity index (χ0) is 16.2. The first-order valence-corrected chi connectivity index (χ1v) is 8.13. The fraction of sp³-hybridized carbons (Fsp3) is 0.500. The van der Waals surface area contributed by atoms with Gasteiger partial charge in [0, 0.05) is 19.2 Å². The molecule has 6 nitrogen and oxygen atoms in total. The van der Waals surface area contributed by atoms with Crippen LogP contribution in [0.25, 0.3) is 0 Å². The van der Waals surface area contributed by atoms with Crippen LogP contribution in [0.15, 0.2) is 23.1 Å². The quantitative estimate of drug-likeness (QED) is 0.794. The van der Waals surface area contributed by atoms with Crippen LogP contribution < -0.4 is 0 Å². The van der Waals surface area contributed by atoms with Gasteiger partial charge in [-0.15, -0.1) is 0 Å². The van der Waals surface area contributed by atoms with Crippen LogP contribution in [0.1, 0.15) is 36.2 Å². The number of hydrogen-bond acceptors (Lipinski definition) is 4. The summed E-state index contributed by atoms with van der Waals surface area (Å²) in [5.41, 5.74) is 0.196. The zero-order valence-corrected chi connectivity index (χ0v) is 13.2. The van der Waals surface area contributed by atoms with Gasteiger partial charge in [0.05, 0.1) is 10.5 Å². The molecule has 0 aliphatic heterocycles. The summed E-state index contributed by atoms with van der Waals surface area (Å²) in [6, 6.07) is 3.93. The zero-order valence-electron chi connectivity index (χ0n) is 12.4. The first-order chi connectivity index (χ1) is 9.73. The highest BCUT2D eigenvalue weighted by molar-refractivity contribution is 7.89. The molecule has 0 saturated carbocycles. The molecule has 0 atom stereocenters. The van der Waals surface area contributed by atoms with E-state index in [4.69, 9.17) is 10.2 Å². The van der Waals surface area contributed by atoms with E-state index in [0.29, 0.717) is 6.42 Å². The van der Waals surface area contributed by atoms with Crippen LogP contribution in [-0.4, -0.2) is 48.1 Å². The second-order valence-corrected chi connectivity index (χ2v) is 6.88. The number of rotatable bonds is 7. The predicted molar refractivity (Wildman–Crippen MR) is 78.9 cm³/mol. The lowest BCUT2D eigenvalue weighted by Crippen LogP contribution is -2.38. The topological polar surface area (TPSA) is 94.9 Å². The summed E-state index contributed by atoms with van der Waals surface area (Å²) in [5.74, 6) is -1.16. The molecule has 0 aliphatic carbocycles. The Kier molecular flexibility index (Phi) is 5.88. The molecule has 0 amide bonds. The van der Waals surface area contributed by atoms with Crippen molar-refractivity contribution >= 4 is 16.0 Å². The van der Waals surface area contributed by atoms with Gasteiger partial charge >= 0.3 is 5.97 Å². The average Bonchev–Trinajstić information content (AvgIpc) is 2.38. The molecule has 0 aromatic heterocycles. The third kappa shape index (κ3) is 3.81. The van der Waals surface area contributed by atoms with E-state index in [1.807, 2.05) is 0 Å². The Hall–Kier alpha value is -1.44. The maximum Gasteiger partial charge on any atom is 0.335 e. The standard InChI is InChI=1S/C14H21NO5S/c1-10(2)15(8-5-9-16)21(19,20)13-7-4-6-12(11(13)3)14(17)18/h4,6-7,10,16H,5,8-9H2,1-3H3,(H,17,18). The molecule has 1 aromatic rings. The van der Waals surface area contributed by atoms with Crippen LogP contribution in [-0.2, 0) is 10.0 Å². The Morgan fingerprint density at radius 3 is 2.43 bits per heavy atom. The molecule has 1 aromatic carbocycles. The number of aromatic carboxylic acids is 1. The van der Waals surface area contributed by atoms with Gasteiger partial charge in [0.2, 0.25) is 10.0 Å². The van der Waals surface area contributed by atoms with Crippen LogP contribution >= 0.6 is 0 Å². The van der Waals surface area contributed by atoms with Gasteiger partial charge < -0.3 is 10.2 Å². The van der Waals surface area contributed by atoms with Crippen molar-refractivity contribution in [2.75, 3.05) is 13.2 Å². The molecule has 118 valence electrons. The summed E-state index contributed by atoms with van der Waals surface area (Å²) in [6.45, 7) is 5.05. The van der Waals surface area contributed by atoms with Gasteiger partial charge in [0.15, 0.2) is 0 Å². The maximum atomic E-state index is 12.7. The predicted octanol–water partition coefficient (Wildman–Crippen LogP) is 1.47. The number of aliphatic hydroxyl groups excluding tert-OH is 1. The number of carbonyl (C=O) groups is 1. The minimum Gasteiger partial charge on any atom is -0.478 e. The molecule has 0 bridgehead atoms.